The summed E-state index contributed by atoms with van der Waals surface area (Å²) in [7, 11) is 5.61. The number of aromatic nitrogens is 1. The Morgan fingerprint density at radius 1 is 1.56 bits per heavy atom. The monoisotopic (exact) mass is 237 g/mol. The molecule has 1 aromatic rings. The van der Waals surface area contributed by atoms with Gasteiger partial charge >= 0.3 is 0 Å². The standard InChI is InChI=1S/C10H16BN3OS/c11-9-7-16-10(13-9)14-4-1-8(2-5-14)12-3-6-15/h7-8,12,15H,1-6H2. The van der Waals surface area contributed by atoms with Gasteiger partial charge in [-0.3, -0.25) is 0 Å². The quantitative estimate of drug-likeness (QED) is 0.692. The van der Waals surface area contributed by atoms with Gasteiger partial charge in [-0.15, -0.1) is 11.3 Å². The van der Waals surface area contributed by atoms with Crippen LogP contribution < -0.4 is 15.8 Å². The number of hydrogen-bond acceptors (Lipinski definition) is 5. The number of rotatable bonds is 4. The highest BCUT2D eigenvalue weighted by Gasteiger charge is 2.20. The van der Waals surface area contributed by atoms with Crippen LogP contribution in [0, 0.1) is 0 Å². The summed E-state index contributed by atoms with van der Waals surface area (Å²) in [6.07, 6.45) is 2.19. The van der Waals surface area contributed by atoms with E-state index in [9.17, 15) is 0 Å². The first-order valence-corrected chi connectivity index (χ1v) is 6.48. The van der Waals surface area contributed by atoms with Gasteiger partial charge in [-0.05, 0) is 12.8 Å². The minimum atomic E-state index is 0.212. The first-order valence-electron chi connectivity index (χ1n) is 5.60. The summed E-state index contributed by atoms with van der Waals surface area (Å²) < 4.78 is 0. The summed E-state index contributed by atoms with van der Waals surface area (Å²) in [5.74, 6) is 0. The van der Waals surface area contributed by atoms with Crippen molar-refractivity contribution in [1.82, 2.24) is 10.3 Å². The molecule has 1 saturated heterocycles. The normalized spacial score (nSPS) is 17.9. The van der Waals surface area contributed by atoms with Crippen molar-refractivity contribution in [1.29, 1.82) is 0 Å². The molecule has 4 nitrogen and oxygen atoms in total. The van der Waals surface area contributed by atoms with Crippen molar-refractivity contribution in [3.05, 3.63) is 5.38 Å². The largest absolute Gasteiger partial charge is 0.395 e. The average molecular weight is 237 g/mol. The highest BCUT2D eigenvalue weighted by Crippen LogP contribution is 2.20. The molecule has 1 aliphatic heterocycles. The number of thiazole rings is 1. The highest BCUT2D eigenvalue weighted by molar-refractivity contribution is 7.14. The summed E-state index contributed by atoms with van der Waals surface area (Å²) >= 11 is 1.60. The van der Waals surface area contributed by atoms with Crippen LogP contribution in [-0.4, -0.2) is 50.2 Å². The first-order chi connectivity index (χ1) is 7.79. The van der Waals surface area contributed by atoms with Gasteiger partial charge in [0.1, 0.15) is 7.85 Å². The summed E-state index contributed by atoms with van der Waals surface area (Å²) in [6, 6.07) is 0.528. The van der Waals surface area contributed by atoms with Gasteiger partial charge in [-0.1, -0.05) is 0 Å². The Morgan fingerprint density at radius 2 is 2.31 bits per heavy atom. The van der Waals surface area contributed by atoms with Crippen molar-refractivity contribution >= 4 is 29.9 Å². The van der Waals surface area contributed by atoms with E-state index >= 15 is 0 Å². The SMILES string of the molecule is [B]c1csc(N2CCC(NCCO)CC2)n1. The fourth-order valence-corrected chi connectivity index (χ4v) is 2.73. The second kappa shape index (κ2) is 5.66. The number of aliphatic hydroxyl groups is 1. The number of nitrogens with zero attached hydrogens (tertiary/aromatic N) is 2. The molecule has 2 radical (unpaired) electrons. The summed E-state index contributed by atoms with van der Waals surface area (Å²) in [5.41, 5.74) is 0.612. The average Bonchev–Trinajstić information content (AvgIpc) is 2.74. The van der Waals surface area contributed by atoms with E-state index < -0.39 is 0 Å². The van der Waals surface area contributed by atoms with E-state index in [0.717, 1.165) is 31.1 Å². The van der Waals surface area contributed by atoms with E-state index in [1.54, 1.807) is 11.3 Å². The van der Waals surface area contributed by atoms with Crippen molar-refractivity contribution in [3.8, 4) is 0 Å². The van der Waals surface area contributed by atoms with Crippen LogP contribution in [0.15, 0.2) is 5.38 Å². The zero-order valence-electron chi connectivity index (χ0n) is 9.22. The lowest BCUT2D eigenvalue weighted by atomic mass is 10.1. The number of anilines is 1. The molecule has 1 aromatic heterocycles. The molecule has 0 atom stereocenters. The molecule has 1 fully saturated rings. The van der Waals surface area contributed by atoms with Crippen molar-refractivity contribution in [2.24, 2.45) is 0 Å². The Balaban J connectivity index is 1.81. The Kier molecular flexibility index (Phi) is 4.20. The van der Waals surface area contributed by atoms with Gasteiger partial charge in [0, 0.05) is 36.6 Å². The van der Waals surface area contributed by atoms with E-state index in [1.807, 2.05) is 5.38 Å². The third-order valence-corrected chi connectivity index (χ3v) is 3.74. The van der Waals surface area contributed by atoms with Gasteiger partial charge in [0.2, 0.25) is 0 Å². The minimum absolute atomic E-state index is 0.212. The fourth-order valence-electron chi connectivity index (χ4n) is 1.97. The third-order valence-electron chi connectivity index (χ3n) is 2.82. The Bertz CT molecular complexity index is 326. The molecule has 1 aliphatic rings. The maximum atomic E-state index is 8.73. The summed E-state index contributed by atoms with van der Waals surface area (Å²) in [5, 5.41) is 15.0. The lowest BCUT2D eigenvalue weighted by Gasteiger charge is -2.32. The first kappa shape index (κ1) is 11.9. The molecule has 6 heteroatoms. The molecule has 0 aliphatic carbocycles. The second-order valence-corrected chi connectivity index (χ2v) is 4.83. The van der Waals surface area contributed by atoms with Crippen LogP contribution in [-0.2, 0) is 0 Å². The zero-order valence-corrected chi connectivity index (χ0v) is 10.0. The molecule has 0 bridgehead atoms. The van der Waals surface area contributed by atoms with Crippen LogP contribution in [0.2, 0.25) is 0 Å². The van der Waals surface area contributed by atoms with Crippen LogP contribution >= 0.6 is 11.3 Å². The summed E-state index contributed by atoms with van der Waals surface area (Å²) in [6.45, 7) is 2.92. The number of aliphatic hydroxyl groups excluding tert-OH is 1. The van der Waals surface area contributed by atoms with Crippen molar-refractivity contribution in [3.63, 3.8) is 0 Å². The molecular formula is C10H16BN3OS. The molecule has 16 heavy (non-hydrogen) atoms. The van der Waals surface area contributed by atoms with Crippen LogP contribution in [0.5, 0.6) is 0 Å². The van der Waals surface area contributed by atoms with Crippen LogP contribution in [0.25, 0.3) is 0 Å². The molecule has 0 saturated carbocycles. The molecule has 2 N–H and O–H groups in total. The van der Waals surface area contributed by atoms with E-state index in [1.165, 1.54) is 0 Å². The van der Waals surface area contributed by atoms with Gasteiger partial charge in [0.15, 0.2) is 5.13 Å². The van der Waals surface area contributed by atoms with Crippen LogP contribution in [0.3, 0.4) is 0 Å². The second-order valence-electron chi connectivity index (χ2n) is 3.99. The number of hydrogen-bond donors (Lipinski definition) is 2. The molecule has 0 spiro atoms. The van der Waals surface area contributed by atoms with Crippen LogP contribution in [0.1, 0.15) is 12.8 Å². The number of piperidine rings is 1. The van der Waals surface area contributed by atoms with E-state index in [4.69, 9.17) is 13.0 Å². The van der Waals surface area contributed by atoms with Gasteiger partial charge in [0.05, 0.1) is 6.61 Å². The molecule has 0 unspecified atom stereocenters. The smallest absolute Gasteiger partial charge is 0.184 e. The van der Waals surface area contributed by atoms with Crippen molar-refractivity contribution in [2.45, 2.75) is 18.9 Å². The Hall–Kier alpha value is -0.585. The lowest BCUT2D eigenvalue weighted by Crippen LogP contribution is -2.43. The predicted octanol–water partition coefficient (Wildman–Crippen LogP) is -0.512. The minimum Gasteiger partial charge on any atom is -0.395 e. The van der Waals surface area contributed by atoms with E-state index in [0.29, 0.717) is 18.2 Å². The molecule has 0 amide bonds. The van der Waals surface area contributed by atoms with Crippen LogP contribution in [0.4, 0.5) is 5.13 Å². The fraction of sp³-hybridized carbons (Fsp3) is 0.700. The Labute approximate surface area is 101 Å². The molecule has 2 rings (SSSR count). The van der Waals surface area contributed by atoms with E-state index in [-0.39, 0.29) is 6.61 Å². The maximum absolute atomic E-state index is 8.73. The van der Waals surface area contributed by atoms with Gasteiger partial charge in [-0.25, -0.2) is 4.98 Å². The van der Waals surface area contributed by atoms with E-state index in [2.05, 4.69) is 15.2 Å². The summed E-state index contributed by atoms with van der Waals surface area (Å²) in [4.78, 5) is 6.56. The van der Waals surface area contributed by atoms with Crippen molar-refractivity contribution < 1.29 is 5.11 Å². The van der Waals surface area contributed by atoms with Crippen molar-refractivity contribution in [2.75, 3.05) is 31.1 Å². The predicted molar refractivity (Wildman–Crippen MR) is 67.8 cm³/mol. The molecule has 86 valence electrons. The Morgan fingerprint density at radius 3 is 2.88 bits per heavy atom. The molecular weight excluding hydrogens is 221 g/mol. The molecule has 0 aromatic carbocycles. The van der Waals surface area contributed by atoms with Gasteiger partial charge < -0.3 is 15.3 Å². The molecule has 2 heterocycles. The third kappa shape index (κ3) is 2.96. The topological polar surface area (TPSA) is 48.4 Å². The maximum Gasteiger partial charge on any atom is 0.184 e. The number of nitrogens with one attached hydrogen (secondary N) is 1. The zero-order chi connectivity index (χ0) is 11.4. The highest BCUT2D eigenvalue weighted by atomic mass is 32.1. The van der Waals surface area contributed by atoms with Gasteiger partial charge in [0.25, 0.3) is 0 Å². The lowest BCUT2D eigenvalue weighted by molar-refractivity contribution is 0.277. The van der Waals surface area contributed by atoms with Gasteiger partial charge in [-0.2, -0.15) is 0 Å².